The molecule has 7 nitrogen and oxygen atoms in total. The molecule has 104 valence electrons. The Hall–Kier alpha value is 2.21. The first kappa shape index (κ1) is 25.5. The average Bonchev–Trinajstić information content (AvgIpc) is 2.12. The number of carboxylic acids is 2. The molecule has 1 aromatic rings. The number of aromatic carboxylic acids is 2. The van der Waals surface area contributed by atoms with Crippen molar-refractivity contribution in [3.8, 4) is 0 Å². The SMILES string of the molecule is O=C([O-])c1c(Cl)c(C(=O)[O-])c(Cl)c(S(=O)(=O)O)c1Cl.[K+].[K+]. The Morgan fingerprint density at radius 2 is 1.14 bits per heavy atom. The largest absolute Gasteiger partial charge is 1.00 e. The van der Waals surface area contributed by atoms with Crippen molar-refractivity contribution in [2.45, 2.75) is 4.90 Å². The maximum atomic E-state index is 11.1. The molecule has 0 amide bonds. The van der Waals surface area contributed by atoms with Crippen molar-refractivity contribution >= 4 is 56.9 Å². The number of hydrogen-bond donors (Lipinski definition) is 1. The van der Waals surface area contributed by atoms with Crippen molar-refractivity contribution in [1.29, 1.82) is 0 Å². The molecule has 0 unspecified atom stereocenters. The maximum absolute atomic E-state index is 11.1. The number of carbonyl (C=O) groups excluding carboxylic acids is 2. The summed E-state index contributed by atoms with van der Waals surface area (Å²) in [6, 6.07) is 0. The third kappa shape index (κ3) is 5.61. The summed E-state index contributed by atoms with van der Waals surface area (Å²) in [5.41, 5.74) is -2.28. The summed E-state index contributed by atoms with van der Waals surface area (Å²) in [7, 11) is -5.10. The molecule has 21 heavy (non-hydrogen) atoms. The van der Waals surface area contributed by atoms with E-state index in [9.17, 15) is 28.2 Å². The summed E-state index contributed by atoms with van der Waals surface area (Å²) in [5.74, 6) is -4.11. The Labute approximate surface area is 218 Å². The van der Waals surface area contributed by atoms with E-state index >= 15 is 0 Å². The van der Waals surface area contributed by atoms with Gasteiger partial charge in [0.25, 0.3) is 10.1 Å². The molecule has 0 radical (unpaired) electrons. The molecule has 1 N–H and O–H groups in total. The van der Waals surface area contributed by atoms with Crippen LogP contribution in [0.4, 0.5) is 0 Å². The van der Waals surface area contributed by atoms with Crippen molar-refractivity contribution in [1.82, 2.24) is 0 Å². The monoisotopic (exact) mass is 424 g/mol. The molecule has 13 heteroatoms. The molecule has 0 aliphatic carbocycles. The van der Waals surface area contributed by atoms with Crippen molar-refractivity contribution < 1.29 is 136 Å². The predicted octanol–water partition coefficient (Wildman–Crippen LogP) is -6.37. The summed E-state index contributed by atoms with van der Waals surface area (Å²) in [4.78, 5) is 20.3. The van der Waals surface area contributed by atoms with Gasteiger partial charge in [0.05, 0.1) is 27.0 Å². The van der Waals surface area contributed by atoms with E-state index in [2.05, 4.69) is 0 Å². The van der Waals surface area contributed by atoms with Crippen molar-refractivity contribution in [3.05, 3.63) is 26.2 Å². The van der Waals surface area contributed by atoms with Gasteiger partial charge in [-0.1, -0.05) is 34.8 Å². The number of halogens is 3. The van der Waals surface area contributed by atoms with Crippen LogP contribution < -0.4 is 113 Å². The minimum atomic E-state index is -5.10. The molecule has 1 aromatic carbocycles. The Balaban J connectivity index is 0. The van der Waals surface area contributed by atoms with Gasteiger partial charge in [-0.25, -0.2) is 0 Å². The van der Waals surface area contributed by atoms with E-state index in [4.69, 9.17) is 39.4 Å². The third-order valence-corrected chi connectivity index (χ3v) is 4.23. The average molecular weight is 426 g/mol. The molecule has 0 saturated carbocycles. The first-order valence-corrected chi connectivity index (χ1v) is 6.68. The standard InChI is InChI=1S/C8H3Cl3O7S.2K/c9-3-1(7(12)13)4(10)6(19(16,17)18)5(11)2(3)8(14)15;;/h(H,12,13)(H,14,15)(H,16,17,18);;/q;2*+1/p-2. The van der Waals surface area contributed by atoms with E-state index in [0.717, 1.165) is 0 Å². The number of hydrogen-bond acceptors (Lipinski definition) is 6. The topological polar surface area (TPSA) is 135 Å². The maximum Gasteiger partial charge on any atom is 1.00 e. The van der Waals surface area contributed by atoms with Gasteiger partial charge in [-0.15, -0.1) is 0 Å². The van der Waals surface area contributed by atoms with Gasteiger partial charge in [-0.2, -0.15) is 8.42 Å². The van der Waals surface area contributed by atoms with Crippen LogP contribution in [0.3, 0.4) is 0 Å². The fourth-order valence-corrected chi connectivity index (χ4v) is 3.49. The zero-order chi connectivity index (χ0) is 15.1. The normalized spacial score (nSPS) is 10.3. The van der Waals surface area contributed by atoms with Crippen molar-refractivity contribution in [2.24, 2.45) is 0 Å². The molecule has 1 rings (SSSR count). The van der Waals surface area contributed by atoms with E-state index < -0.39 is 53.1 Å². The zero-order valence-electron chi connectivity index (χ0n) is 10.4. The molecule has 0 heterocycles. The summed E-state index contributed by atoms with van der Waals surface area (Å²) < 4.78 is 31.0. The molecule has 0 atom stereocenters. The van der Waals surface area contributed by atoms with Gasteiger partial charge in [0.2, 0.25) is 0 Å². The van der Waals surface area contributed by atoms with Gasteiger partial charge in [0.15, 0.2) is 0 Å². The molecule has 0 aromatic heterocycles. The zero-order valence-corrected chi connectivity index (χ0v) is 19.8. The second-order valence-corrected chi connectivity index (χ2v) is 5.56. The van der Waals surface area contributed by atoms with E-state index in [0.29, 0.717) is 0 Å². The van der Waals surface area contributed by atoms with Crippen LogP contribution in [0, 0.1) is 0 Å². The van der Waals surface area contributed by atoms with E-state index in [1.807, 2.05) is 0 Å². The smallest absolute Gasteiger partial charge is 0.545 e. The predicted molar refractivity (Wildman–Crippen MR) is 59.9 cm³/mol. The van der Waals surface area contributed by atoms with Crippen LogP contribution in [-0.2, 0) is 10.1 Å². The minimum Gasteiger partial charge on any atom is -0.545 e. The van der Waals surface area contributed by atoms with Crippen LogP contribution in [0.1, 0.15) is 20.7 Å². The van der Waals surface area contributed by atoms with Crippen LogP contribution in [0.15, 0.2) is 4.90 Å². The van der Waals surface area contributed by atoms with E-state index in [-0.39, 0.29) is 103 Å². The molecule has 0 aliphatic heterocycles. The van der Waals surface area contributed by atoms with Crippen molar-refractivity contribution in [3.63, 3.8) is 0 Å². The first-order chi connectivity index (χ1) is 8.50. The fourth-order valence-electron chi connectivity index (χ4n) is 1.23. The number of rotatable bonds is 3. The molecule has 0 spiro atoms. The quantitative estimate of drug-likeness (QED) is 0.376. The molecule has 0 saturated heterocycles. The second kappa shape index (κ2) is 9.63. The molecular formula is C8HCl3K2O7S. The number of benzene rings is 1. The molecule has 0 fully saturated rings. The Morgan fingerprint density at radius 3 is 1.33 bits per heavy atom. The summed E-state index contributed by atoms with van der Waals surface area (Å²) >= 11 is 16.3. The molecule has 0 bridgehead atoms. The summed E-state index contributed by atoms with van der Waals surface area (Å²) in [6.45, 7) is 0. The molecular weight excluding hydrogens is 425 g/mol. The van der Waals surface area contributed by atoms with Gasteiger partial charge in [-0.05, 0) is 0 Å². The Bertz CT molecular complexity index is 663. The Kier molecular flexibility index (Phi) is 11.7. The third-order valence-electron chi connectivity index (χ3n) is 1.94. The van der Waals surface area contributed by atoms with Gasteiger partial charge in [0.1, 0.15) is 4.90 Å². The van der Waals surface area contributed by atoms with Crippen LogP contribution in [-0.4, -0.2) is 24.9 Å². The van der Waals surface area contributed by atoms with E-state index in [1.54, 1.807) is 0 Å². The van der Waals surface area contributed by atoms with Crippen LogP contribution in [0.25, 0.3) is 0 Å². The molecule has 0 aliphatic rings. The number of carboxylic acid groups (broad SMARTS) is 2. The van der Waals surface area contributed by atoms with Gasteiger partial charge >= 0.3 is 103 Å². The first-order valence-electron chi connectivity index (χ1n) is 4.10. The van der Waals surface area contributed by atoms with Crippen molar-refractivity contribution in [2.75, 3.05) is 0 Å². The minimum absolute atomic E-state index is 0. The van der Waals surface area contributed by atoms with Gasteiger partial charge < -0.3 is 19.8 Å². The van der Waals surface area contributed by atoms with E-state index in [1.165, 1.54) is 0 Å². The van der Waals surface area contributed by atoms with Gasteiger partial charge in [0, 0.05) is 11.1 Å². The summed E-state index contributed by atoms with van der Waals surface area (Å²) in [6.07, 6.45) is 0. The summed E-state index contributed by atoms with van der Waals surface area (Å²) in [5, 5.41) is 18.5. The van der Waals surface area contributed by atoms with Crippen LogP contribution in [0.5, 0.6) is 0 Å². The fraction of sp³-hybridized carbons (Fsp3) is 0. The van der Waals surface area contributed by atoms with Gasteiger partial charge in [-0.3, -0.25) is 4.55 Å². The second-order valence-electron chi connectivity index (χ2n) is 3.07. The van der Waals surface area contributed by atoms with Crippen LogP contribution >= 0.6 is 34.8 Å². The number of carbonyl (C=O) groups is 2. The Morgan fingerprint density at radius 1 is 0.857 bits per heavy atom. The van der Waals surface area contributed by atoms with Crippen LogP contribution in [0.2, 0.25) is 15.1 Å².